The van der Waals surface area contributed by atoms with Gasteiger partial charge >= 0.3 is 6.01 Å². The van der Waals surface area contributed by atoms with E-state index < -0.39 is 0 Å². The molecule has 2 aromatic heterocycles. The van der Waals surface area contributed by atoms with Crippen LogP contribution in [0.2, 0.25) is 0 Å². The number of fused-ring (bicyclic) bond motifs is 5. The molecule has 1 saturated heterocycles. The van der Waals surface area contributed by atoms with Crippen LogP contribution >= 0.6 is 0 Å². The summed E-state index contributed by atoms with van der Waals surface area (Å²) < 4.78 is 22.7. The van der Waals surface area contributed by atoms with Crippen LogP contribution in [0, 0.1) is 17.7 Å². The van der Waals surface area contributed by atoms with Gasteiger partial charge in [0, 0.05) is 57.0 Å². The second-order valence-electron chi connectivity index (χ2n) is 9.89. The fourth-order valence-electron chi connectivity index (χ4n) is 6.01. The Labute approximate surface area is 202 Å². The molecule has 7 rings (SSSR count). The second kappa shape index (κ2) is 7.39. The summed E-state index contributed by atoms with van der Waals surface area (Å²) in [6.07, 6.45) is 3.41. The summed E-state index contributed by atoms with van der Waals surface area (Å²) in [4.78, 5) is 16.4. The standard InChI is InChI=1S/C26H26FN7O/c1-29-20-7-14(27)6-17-16(20)9-22-24(17)25(34-10-13-5-19(28)18(13)11-34)32-26(31-22)35-15-3-4-23-21(8-15)30-12-33(23)2/h3-4,6-8,12-13,18-19,29H,5,9-11,28H2,1-2H3/t13?,18?,19-/m1/s1. The number of aryl methyl sites for hydroxylation is 1. The van der Waals surface area contributed by atoms with Crippen LogP contribution in [0.4, 0.5) is 15.9 Å². The highest BCUT2D eigenvalue weighted by atomic mass is 19.1. The average Bonchev–Trinajstić information content (AvgIpc) is 3.51. The number of hydrogen-bond donors (Lipinski definition) is 2. The molecule has 8 nitrogen and oxygen atoms in total. The second-order valence-corrected chi connectivity index (χ2v) is 9.89. The first-order chi connectivity index (χ1) is 17.0. The van der Waals surface area contributed by atoms with Crippen LogP contribution in [-0.4, -0.2) is 45.7 Å². The zero-order chi connectivity index (χ0) is 23.8. The van der Waals surface area contributed by atoms with Gasteiger partial charge in [-0.2, -0.15) is 9.97 Å². The van der Waals surface area contributed by atoms with Crippen molar-refractivity contribution in [3.05, 3.63) is 53.7 Å². The molecular formula is C26H26FN7O. The third kappa shape index (κ3) is 3.11. The number of nitrogens with zero attached hydrogens (tertiary/aromatic N) is 5. The molecule has 2 unspecified atom stereocenters. The third-order valence-electron chi connectivity index (χ3n) is 7.86. The number of hydrogen-bond acceptors (Lipinski definition) is 7. The number of benzene rings is 2. The topological polar surface area (TPSA) is 94.1 Å². The molecule has 3 aliphatic rings. The van der Waals surface area contributed by atoms with Crippen molar-refractivity contribution in [3.8, 4) is 22.9 Å². The number of aromatic nitrogens is 4. The predicted molar refractivity (Wildman–Crippen MR) is 132 cm³/mol. The van der Waals surface area contributed by atoms with Crippen molar-refractivity contribution in [3.63, 3.8) is 0 Å². The number of nitrogens with one attached hydrogen (secondary N) is 1. The lowest BCUT2D eigenvalue weighted by molar-refractivity contribution is 0.194. The number of nitrogens with two attached hydrogens (primary N) is 1. The van der Waals surface area contributed by atoms with Crippen LogP contribution in [0.3, 0.4) is 0 Å². The van der Waals surface area contributed by atoms with E-state index in [1.54, 1.807) is 12.4 Å². The molecule has 1 aliphatic heterocycles. The van der Waals surface area contributed by atoms with E-state index in [9.17, 15) is 4.39 Å². The number of rotatable bonds is 4. The van der Waals surface area contributed by atoms with E-state index in [1.165, 1.54) is 6.07 Å². The molecule has 1 saturated carbocycles. The van der Waals surface area contributed by atoms with Gasteiger partial charge < -0.3 is 25.3 Å². The Kier molecular flexibility index (Phi) is 4.36. The minimum Gasteiger partial charge on any atom is -0.424 e. The summed E-state index contributed by atoms with van der Waals surface area (Å²) in [7, 11) is 3.77. The van der Waals surface area contributed by atoms with Crippen LogP contribution in [0.5, 0.6) is 11.8 Å². The molecule has 178 valence electrons. The Morgan fingerprint density at radius 1 is 1.17 bits per heavy atom. The van der Waals surface area contributed by atoms with Gasteiger partial charge in [-0.1, -0.05) is 0 Å². The zero-order valence-corrected chi connectivity index (χ0v) is 19.6. The SMILES string of the molecule is CNc1cc(F)cc2c1Cc1nc(Oc3ccc4c(c3)ncn4C)nc(N3CC4C[C@@H](N)C4C3)c1-2. The van der Waals surface area contributed by atoms with Crippen molar-refractivity contribution < 1.29 is 9.13 Å². The molecule has 0 spiro atoms. The minimum absolute atomic E-state index is 0.237. The Morgan fingerprint density at radius 2 is 2.06 bits per heavy atom. The van der Waals surface area contributed by atoms with Gasteiger partial charge in [-0.15, -0.1) is 0 Å². The van der Waals surface area contributed by atoms with Crippen molar-refractivity contribution in [1.29, 1.82) is 0 Å². The summed E-state index contributed by atoms with van der Waals surface area (Å²) in [5.74, 6) is 2.20. The van der Waals surface area contributed by atoms with E-state index in [4.69, 9.17) is 20.4 Å². The summed E-state index contributed by atoms with van der Waals surface area (Å²) in [5.41, 5.74) is 12.6. The fourth-order valence-corrected chi connectivity index (χ4v) is 6.01. The third-order valence-corrected chi connectivity index (χ3v) is 7.86. The van der Waals surface area contributed by atoms with E-state index in [0.29, 0.717) is 24.0 Å². The van der Waals surface area contributed by atoms with Crippen LogP contribution < -0.4 is 20.7 Å². The van der Waals surface area contributed by atoms with E-state index in [2.05, 4.69) is 15.2 Å². The predicted octanol–water partition coefficient (Wildman–Crippen LogP) is 3.69. The lowest BCUT2D eigenvalue weighted by atomic mass is 9.72. The maximum Gasteiger partial charge on any atom is 0.324 e. The lowest BCUT2D eigenvalue weighted by Gasteiger charge is -2.36. The first-order valence-corrected chi connectivity index (χ1v) is 12.0. The molecular weight excluding hydrogens is 445 g/mol. The van der Waals surface area contributed by atoms with Crippen LogP contribution in [0.15, 0.2) is 36.7 Å². The van der Waals surface area contributed by atoms with Gasteiger partial charge in [0.05, 0.1) is 23.1 Å². The molecule has 2 fully saturated rings. The maximum absolute atomic E-state index is 14.6. The molecule has 3 N–H and O–H groups in total. The van der Waals surface area contributed by atoms with Gasteiger partial charge in [0.2, 0.25) is 0 Å². The van der Waals surface area contributed by atoms with Crippen molar-refractivity contribution in [2.75, 3.05) is 30.4 Å². The van der Waals surface area contributed by atoms with Gasteiger partial charge in [-0.25, -0.2) is 9.37 Å². The first kappa shape index (κ1) is 20.6. The van der Waals surface area contributed by atoms with Crippen molar-refractivity contribution >= 4 is 22.5 Å². The minimum atomic E-state index is -0.278. The van der Waals surface area contributed by atoms with Gasteiger partial charge in [-0.05, 0) is 53.6 Å². The number of imidazole rings is 1. The number of halogens is 1. The van der Waals surface area contributed by atoms with Crippen LogP contribution in [-0.2, 0) is 13.5 Å². The van der Waals surface area contributed by atoms with Crippen molar-refractivity contribution in [2.45, 2.75) is 18.9 Å². The van der Waals surface area contributed by atoms with E-state index >= 15 is 0 Å². The Balaban J connectivity index is 1.33. The smallest absolute Gasteiger partial charge is 0.324 e. The molecule has 3 heterocycles. The average molecular weight is 472 g/mol. The fraction of sp³-hybridized carbons (Fsp3) is 0.346. The highest BCUT2D eigenvalue weighted by Gasteiger charge is 2.46. The van der Waals surface area contributed by atoms with E-state index in [0.717, 1.165) is 64.4 Å². The Morgan fingerprint density at radius 3 is 2.86 bits per heavy atom. The molecule has 9 heteroatoms. The van der Waals surface area contributed by atoms with Gasteiger partial charge in [0.15, 0.2) is 0 Å². The number of ether oxygens (including phenoxy) is 1. The molecule has 2 aromatic carbocycles. The molecule has 2 aliphatic carbocycles. The van der Waals surface area contributed by atoms with E-state index in [-0.39, 0.29) is 17.9 Å². The monoisotopic (exact) mass is 471 g/mol. The van der Waals surface area contributed by atoms with Crippen LogP contribution in [0.25, 0.3) is 22.2 Å². The normalized spacial score (nSPS) is 22.1. The summed E-state index contributed by atoms with van der Waals surface area (Å²) in [6, 6.07) is 9.43. The molecule has 3 atom stereocenters. The lowest BCUT2D eigenvalue weighted by Crippen LogP contribution is -2.46. The number of anilines is 2. The Bertz CT molecular complexity index is 1500. The van der Waals surface area contributed by atoms with Gasteiger partial charge in [-0.3, -0.25) is 0 Å². The molecule has 4 aromatic rings. The van der Waals surface area contributed by atoms with Crippen molar-refractivity contribution in [1.82, 2.24) is 19.5 Å². The summed E-state index contributed by atoms with van der Waals surface area (Å²) in [5, 5.41) is 3.14. The highest BCUT2D eigenvalue weighted by Crippen LogP contribution is 2.48. The summed E-state index contributed by atoms with van der Waals surface area (Å²) in [6.45, 7) is 1.74. The maximum atomic E-state index is 14.6. The Hall–Kier alpha value is -3.72. The molecule has 0 amide bonds. The van der Waals surface area contributed by atoms with Crippen molar-refractivity contribution in [2.24, 2.45) is 24.6 Å². The first-order valence-electron chi connectivity index (χ1n) is 12.0. The molecule has 35 heavy (non-hydrogen) atoms. The van der Waals surface area contributed by atoms with Crippen LogP contribution in [0.1, 0.15) is 17.7 Å². The van der Waals surface area contributed by atoms with Gasteiger partial charge in [0.25, 0.3) is 0 Å². The highest BCUT2D eigenvalue weighted by molar-refractivity contribution is 5.88. The zero-order valence-electron chi connectivity index (χ0n) is 19.6. The largest absolute Gasteiger partial charge is 0.424 e. The molecule has 0 radical (unpaired) electrons. The molecule has 0 bridgehead atoms. The summed E-state index contributed by atoms with van der Waals surface area (Å²) >= 11 is 0. The van der Waals surface area contributed by atoms with Gasteiger partial charge in [0.1, 0.15) is 17.4 Å². The van der Waals surface area contributed by atoms with E-state index in [1.807, 2.05) is 36.9 Å². The quantitative estimate of drug-likeness (QED) is 0.413.